The normalized spacial score (nSPS) is 15.4. The summed E-state index contributed by atoms with van der Waals surface area (Å²) in [5, 5.41) is 4.13. The molecule has 0 atom stereocenters. The molecule has 6 heteroatoms. The number of anilines is 2. The minimum Gasteiger partial charge on any atom is -0.354 e. The Morgan fingerprint density at radius 3 is 2.64 bits per heavy atom. The predicted molar refractivity (Wildman–Crippen MR) is 105 cm³/mol. The van der Waals surface area contributed by atoms with Crippen molar-refractivity contribution < 1.29 is 0 Å². The van der Waals surface area contributed by atoms with E-state index >= 15 is 0 Å². The largest absolute Gasteiger partial charge is 0.354 e. The fraction of sp³-hybridized carbons (Fsp3) is 0.474. The topological polar surface area (TPSA) is 44.3 Å². The van der Waals surface area contributed by atoms with Gasteiger partial charge in [-0.15, -0.1) is 0 Å². The number of aryl methyl sites for hydroxylation is 1. The highest BCUT2D eigenvalue weighted by Gasteiger charge is 2.17. The van der Waals surface area contributed by atoms with Crippen LogP contribution in [0.25, 0.3) is 0 Å². The van der Waals surface area contributed by atoms with E-state index in [1.807, 2.05) is 25.1 Å². The molecule has 1 saturated heterocycles. The molecule has 2 heterocycles. The van der Waals surface area contributed by atoms with Gasteiger partial charge in [0.25, 0.3) is 0 Å². The van der Waals surface area contributed by atoms with Crippen molar-refractivity contribution >= 4 is 23.4 Å². The van der Waals surface area contributed by atoms with Crippen LogP contribution in [0.4, 0.5) is 11.8 Å². The smallest absolute Gasteiger partial charge is 0.224 e. The van der Waals surface area contributed by atoms with Crippen LogP contribution in [0.1, 0.15) is 18.2 Å². The van der Waals surface area contributed by atoms with Gasteiger partial charge < -0.3 is 15.1 Å². The van der Waals surface area contributed by atoms with Crippen LogP contribution in [0.15, 0.2) is 30.3 Å². The fourth-order valence-corrected chi connectivity index (χ4v) is 3.31. The van der Waals surface area contributed by atoms with Crippen molar-refractivity contribution in [2.75, 3.05) is 49.5 Å². The molecular formula is C19H26ClN5. The van der Waals surface area contributed by atoms with Crippen molar-refractivity contribution in [2.24, 2.45) is 0 Å². The van der Waals surface area contributed by atoms with Gasteiger partial charge in [-0.25, -0.2) is 4.98 Å². The Hall–Kier alpha value is -1.85. The summed E-state index contributed by atoms with van der Waals surface area (Å²) in [4.78, 5) is 14.1. The molecule has 1 aliphatic heterocycles. The molecule has 1 aliphatic rings. The van der Waals surface area contributed by atoms with Gasteiger partial charge in [0.15, 0.2) is 0 Å². The zero-order valence-corrected chi connectivity index (χ0v) is 15.8. The van der Waals surface area contributed by atoms with E-state index in [9.17, 15) is 0 Å². The molecule has 0 amide bonds. The third-order valence-electron chi connectivity index (χ3n) is 4.57. The molecule has 5 nitrogen and oxygen atoms in total. The van der Waals surface area contributed by atoms with Crippen molar-refractivity contribution in [3.05, 3.63) is 46.6 Å². The predicted octanol–water partition coefficient (Wildman–Crippen LogP) is 3.23. The first kappa shape index (κ1) is 18.0. The summed E-state index contributed by atoms with van der Waals surface area (Å²) < 4.78 is 0. The maximum atomic E-state index is 6.04. The van der Waals surface area contributed by atoms with Crippen molar-refractivity contribution in [3.8, 4) is 0 Å². The number of benzene rings is 1. The van der Waals surface area contributed by atoms with E-state index < -0.39 is 0 Å². The molecule has 0 radical (unpaired) electrons. The summed E-state index contributed by atoms with van der Waals surface area (Å²) >= 11 is 6.04. The van der Waals surface area contributed by atoms with Gasteiger partial charge in [-0.3, -0.25) is 0 Å². The highest BCUT2D eigenvalue weighted by atomic mass is 35.5. The standard InChI is InChI=1S/C19H26ClN5/c1-3-24-9-11-25(12-10-24)18-13-15(2)22-19(23-18)21-8-7-16-5-4-6-17(20)14-16/h4-6,13-14H,3,7-12H2,1-2H3,(H,21,22,23). The molecule has 0 saturated carbocycles. The average molecular weight is 360 g/mol. The van der Waals surface area contributed by atoms with Gasteiger partial charge in [-0.2, -0.15) is 4.98 Å². The molecule has 0 spiro atoms. The molecule has 3 rings (SSSR count). The van der Waals surface area contributed by atoms with E-state index in [1.165, 1.54) is 5.56 Å². The Morgan fingerprint density at radius 1 is 1.12 bits per heavy atom. The molecule has 0 unspecified atom stereocenters. The summed E-state index contributed by atoms with van der Waals surface area (Å²) in [5.74, 6) is 1.73. The van der Waals surface area contributed by atoms with Crippen LogP contribution in [0, 0.1) is 6.92 Å². The van der Waals surface area contributed by atoms with Crippen LogP contribution in [0.2, 0.25) is 5.02 Å². The van der Waals surface area contributed by atoms with Gasteiger partial charge in [0.1, 0.15) is 5.82 Å². The SMILES string of the molecule is CCN1CCN(c2cc(C)nc(NCCc3cccc(Cl)c3)n2)CC1. The Bertz CT molecular complexity index is 698. The third-order valence-corrected chi connectivity index (χ3v) is 4.81. The summed E-state index contributed by atoms with van der Waals surface area (Å²) in [7, 11) is 0. The molecule has 2 aromatic rings. The maximum Gasteiger partial charge on any atom is 0.224 e. The van der Waals surface area contributed by atoms with E-state index in [-0.39, 0.29) is 0 Å². The molecule has 1 aromatic carbocycles. The van der Waals surface area contributed by atoms with E-state index in [4.69, 9.17) is 16.6 Å². The van der Waals surface area contributed by atoms with Gasteiger partial charge in [-0.05, 0) is 37.6 Å². The quantitative estimate of drug-likeness (QED) is 0.857. The zero-order chi connectivity index (χ0) is 17.6. The Morgan fingerprint density at radius 2 is 1.92 bits per heavy atom. The zero-order valence-electron chi connectivity index (χ0n) is 15.0. The number of likely N-dealkylation sites (N-methyl/N-ethyl adjacent to an activating group) is 1. The molecule has 25 heavy (non-hydrogen) atoms. The van der Waals surface area contributed by atoms with Gasteiger partial charge in [0.2, 0.25) is 5.95 Å². The summed E-state index contributed by atoms with van der Waals surface area (Å²) in [6.07, 6.45) is 0.891. The molecule has 0 bridgehead atoms. The van der Waals surface area contributed by atoms with Gasteiger partial charge >= 0.3 is 0 Å². The highest BCUT2D eigenvalue weighted by molar-refractivity contribution is 6.30. The summed E-state index contributed by atoms with van der Waals surface area (Å²) in [6, 6.07) is 10.0. The third kappa shape index (κ3) is 5.06. The van der Waals surface area contributed by atoms with Crippen LogP contribution in [-0.2, 0) is 6.42 Å². The first-order valence-corrected chi connectivity index (χ1v) is 9.33. The number of hydrogen-bond donors (Lipinski definition) is 1. The maximum absolute atomic E-state index is 6.04. The molecular weight excluding hydrogens is 334 g/mol. The fourth-order valence-electron chi connectivity index (χ4n) is 3.10. The first-order valence-electron chi connectivity index (χ1n) is 8.95. The van der Waals surface area contributed by atoms with E-state index in [0.717, 1.165) is 62.2 Å². The molecule has 1 N–H and O–H groups in total. The second-order valence-electron chi connectivity index (χ2n) is 6.42. The minimum atomic E-state index is 0.704. The van der Waals surface area contributed by atoms with E-state index in [2.05, 4.69) is 39.2 Å². The molecule has 134 valence electrons. The average Bonchev–Trinajstić information content (AvgIpc) is 2.61. The minimum absolute atomic E-state index is 0.704. The lowest BCUT2D eigenvalue weighted by Crippen LogP contribution is -2.46. The van der Waals surface area contributed by atoms with E-state index in [0.29, 0.717) is 5.95 Å². The molecule has 0 aliphatic carbocycles. The van der Waals surface area contributed by atoms with Crippen molar-refractivity contribution in [1.82, 2.24) is 14.9 Å². The monoisotopic (exact) mass is 359 g/mol. The highest BCUT2D eigenvalue weighted by Crippen LogP contribution is 2.17. The van der Waals surface area contributed by atoms with Gasteiger partial charge in [-0.1, -0.05) is 30.7 Å². The number of hydrogen-bond acceptors (Lipinski definition) is 5. The Balaban J connectivity index is 1.59. The second-order valence-corrected chi connectivity index (χ2v) is 6.86. The van der Waals surface area contributed by atoms with Crippen molar-refractivity contribution in [3.63, 3.8) is 0 Å². The number of nitrogens with zero attached hydrogens (tertiary/aromatic N) is 4. The van der Waals surface area contributed by atoms with Gasteiger partial charge in [0, 0.05) is 49.5 Å². The number of rotatable bonds is 6. The lowest BCUT2D eigenvalue weighted by atomic mass is 10.1. The first-order chi connectivity index (χ1) is 12.1. The van der Waals surface area contributed by atoms with Gasteiger partial charge in [0.05, 0.1) is 0 Å². The number of piperazine rings is 1. The number of nitrogens with one attached hydrogen (secondary N) is 1. The second kappa shape index (κ2) is 8.50. The Kier molecular flexibility index (Phi) is 6.10. The lowest BCUT2D eigenvalue weighted by Gasteiger charge is -2.34. The van der Waals surface area contributed by atoms with E-state index in [1.54, 1.807) is 0 Å². The Labute approximate surface area is 155 Å². The lowest BCUT2D eigenvalue weighted by molar-refractivity contribution is 0.270. The number of halogens is 1. The van der Waals surface area contributed by atoms with Crippen molar-refractivity contribution in [1.29, 1.82) is 0 Å². The number of aromatic nitrogens is 2. The van der Waals surface area contributed by atoms with Crippen LogP contribution >= 0.6 is 11.6 Å². The van der Waals surface area contributed by atoms with Crippen LogP contribution in [0.5, 0.6) is 0 Å². The van der Waals surface area contributed by atoms with Crippen LogP contribution < -0.4 is 10.2 Å². The van der Waals surface area contributed by atoms with Crippen molar-refractivity contribution in [2.45, 2.75) is 20.3 Å². The van der Waals surface area contributed by atoms with Crippen LogP contribution in [-0.4, -0.2) is 54.1 Å². The summed E-state index contributed by atoms with van der Waals surface area (Å²) in [5.41, 5.74) is 2.21. The van der Waals surface area contributed by atoms with Crippen LogP contribution in [0.3, 0.4) is 0 Å². The molecule has 1 aromatic heterocycles. The summed E-state index contributed by atoms with van der Waals surface area (Å²) in [6.45, 7) is 10.4. The molecule has 1 fully saturated rings.